The molecule has 0 radical (unpaired) electrons. The van der Waals surface area contributed by atoms with Gasteiger partial charge in [0.2, 0.25) is 0 Å². The zero-order chi connectivity index (χ0) is 22.1. The summed E-state index contributed by atoms with van der Waals surface area (Å²) in [6, 6.07) is 0. The molecule has 0 N–H and O–H groups in total. The second-order valence-corrected chi connectivity index (χ2v) is 13.5. The Hall–Kier alpha value is 0. The largest absolute Gasteiger partial charge is 0.0651 e. The maximum absolute atomic E-state index is 2.70. The predicted molar refractivity (Wildman–Crippen MR) is 136 cm³/mol. The van der Waals surface area contributed by atoms with Crippen LogP contribution in [0.1, 0.15) is 125 Å². The molecule has 180 valence electrons. The Morgan fingerprint density at radius 1 is 0.677 bits per heavy atom. The molecule has 0 aromatic heterocycles. The zero-order valence-corrected chi connectivity index (χ0v) is 22.1. The Bertz CT molecular complexity index is 546. The van der Waals surface area contributed by atoms with Crippen LogP contribution in [0.25, 0.3) is 0 Å². The molecular weight excluding hydrogens is 372 g/mol. The van der Waals surface area contributed by atoms with Gasteiger partial charge in [-0.3, -0.25) is 0 Å². The van der Waals surface area contributed by atoms with E-state index in [1.54, 1.807) is 44.9 Å². The lowest BCUT2D eigenvalue weighted by Gasteiger charge is -2.52. The van der Waals surface area contributed by atoms with Crippen molar-refractivity contribution in [3.63, 3.8) is 0 Å². The van der Waals surface area contributed by atoms with Crippen LogP contribution < -0.4 is 0 Å². The van der Waals surface area contributed by atoms with Gasteiger partial charge in [-0.15, -0.1) is 0 Å². The van der Waals surface area contributed by atoms with Gasteiger partial charge in [0, 0.05) is 0 Å². The average Bonchev–Trinajstić information content (AvgIpc) is 2.78. The van der Waals surface area contributed by atoms with Gasteiger partial charge in [-0.2, -0.15) is 0 Å². The minimum atomic E-state index is 0.855. The lowest BCUT2D eigenvalue weighted by molar-refractivity contribution is -0.0288. The van der Waals surface area contributed by atoms with E-state index >= 15 is 0 Å². The summed E-state index contributed by atoms with van der Waals surface area (Å²) in [5.41, 5.74) is 0. The molecule has 4 aliphatic rings. The van der Waals surface area contributed by atoms with Crippen LogP contribution in [0.4, 0.5) is 0 Å². The van der Waals surface area contributed by atoms with E-state index in [0.717, 1.165) is 71.0 Å². The van der Waals surface area contributed by atoms with Gasteiger partial charge in [0.1, 0.15) is 0 Å². The van der Waals surface area contributed by atoms with Gasteiger partial charge >= 0.3 is 0 Å². The van der Waals surface area contributed by atoms with E-state index in [1.807, 2.05) is 0 Å². The maximum atomic E-state index is 2.70. The van der Waals surface area contributed by atoms with Crippen LogP contribution in [0.3, 0.4) is 0 Å². The van der Waals surface area contributed by atoms with Crippen LogP contribution in [0.5, 0.6) is 0 Å². The standard InChI is InChI=1S/C31H56/c1-7-24-15-16-26-17-18-27(23(6)30(26)19-24)21(4)22(5)31(20(2)3)29-14-10-12-25-11-8-9-13-28(25)29/h20-31H,7-19H2,1-6H3/t21-,22-,23-,24+,25+,26+,27+,28+,29-,30-,31+/m1/s1. The van der Waals surface area contributed by atoms with Crippen molar-refractivity contribution in [3.05, 3.63) is 0 Å². The van der Waals surface area contributed by atoms with Gasteiger partial charge < -0.3 is 0 Å². The Morgan fingerprint density at radius 3 is 2.10 bits per heavy atom. The molecule has 31 heavy (non-hydrogen) atoms. The lowest BCUT2D eigenvalue weighted by Crippen LogP contribution is -2.44. The van der Waals surface area contributed by atoms with Gasteiger partial charge in [0.05, 0.1) is 0 Å². The lowest BCUT2D eigenvalue weighted by atomic mass is 9.53. The average molecular weight is 429 g/mol. The fourth-order valence-electron chi connectivity index (χ4n) is 10.2. The number of fused-ring (bicyclic) bond motifs is 2. The van der Waals surface area contributed by atoms with Crippen molar-refractivity contribution in [2.24, 2.45) is 71.0 Å². The van der Waals surface area contributed by atoms with Crippen LogP contribution in [-0.4, -0.2) is 0 Å². The Morgan fingerprint density at radius 2 is 1.35 bits per heavy atom. The fourth-order valence-corrected chi connectivity index (χ4v) is 10.2. The third-order valence-corrected chi connectivity index (χ3v) is 12.0. The Labute approximate surface area is 196 Å². The van der Waals surface area contributed by atoms with Crippen LogP contribution in [0.2, 0.25) is 0 Å². The monoisotopic (exact) mass is 428 g/mol. The molecule has 0 aromatic carbocycles. The van der Waals surface area contributed by atoms with E-state index in [1.165, 1.54) is 38.5 Å². The molecule has 0 unspecified atom stereocenters. The zero-order valence-electron chi connectivity index (χ0n) is 22.1. The molecule has 4 aliphatic carbocycles. The van der Waals surface area contributed by atoms with Crippen molar-refractivity contribution in [1.82, 2.24) is 0 Å². The third-order valence-electron chi connectivity index (χ3n) is 12.0. The van der Waals surface area contributed by atoms with Crippen molar-refractivity contribution in [1.29, 1.82) is 0 Å². The molecule has 0 heteroatoms. The van der Waals surface area contributed by atoms with E-state index in [2.05, 4.69) is 41.5 Å². The van der Waals surface area contributed by atoms with E-state index in [9.17, 15) is 0 Å². The summed E-state index contributed by atoms with van der Waals surface area (Å²) in [4.78, 5) is 0. The molecule has 11 atom stereocenters. The van der Waals surface area contributed by atoms with Crippen LogP contribution in [-0.2, 0) is 0 Å². The molecule has 4 saturated carbocycles. The van der Waals surface area contributed by atoms with Crippen molar-refractivity contribution in [3.8, 4) is 0 Å². The summed E-state index contributed by atoms with van der Waals surface area (Å²) in [7, 11) is 0. The third kappa shape index (κ3) is 4.94. The molecule has 0 aromatic rings. The molecule has 4 rings (SSSR count). The Kier molecular flexibility index (Phi) is 8.18. The van der Waals surface area contributed by atoms with Crippen LogP contribution in [0, 0.1) is 71.0 Å². The molecule has 0 saturated heterocycles. The molecule has 0 nitrogen and oxygen atoms in total. The maximum Gasteiger partial charge on any atom is -0.0331 e. The van der Waals surface area contributed by atoms with Crippen LogP contribution in [0.15, 0.2) is 0 Å². The van der Waals surface area contributed by atoms with Crippen molar-refractivity contribution >= 4 is 0 Å². The summed E-state index contributed by atoms with van der Waals surface area (Å²) in [6.45, 7) is 15.7. The summed E-state index contributed by atoms with van der Waals surface area (Å²) < 4.78 is 0. The number of hydrogen-bond acceptors (Lipinski definition) is 0. The van der Waals surface area contributed by atoms with Gasteiger partial charge in [-0.1, -0.05) is 86.5 Å². The smallest absolute Gasteiger partial charge is 0.0331 e. The van der Waals surface area contributed by atoms with Gasteiger partial charge in [0.25, 0.3) is 0 Å². The van der Waals surface area contributed by atoms with Crippen molar-refractivity contribution < 1.29 is 0 Å². The molecule has 0 bridgehead atoms. The van der Waals surface area contributed by atoms with Crippen molar-refractivity contribution in [2.45, 2.75) is 125 Å². The van der Waals surface area contributed by atoms with Crippen LogP contribution >= 0.6 is 0 Å². The molecule has 0 heterocycles. The highest BCUT2D eigenvalue weighted by Crippen LogP contribution is 2.55. The Balaban J connectivity index is 1.47. The molecule has 0 spiro atoms. The first-order valence-electron chi connectivity index (χ1n) is 14.9. The highest BCUT2D eigenvalue weighted by Gasteiger charge is 2.46. The summed E-state index contributed by atoms with van der Waals surface area (Å²) >= 11 is 0. The van der Waals surface area contributed by atoms with Gasteiger partial charge in [-0.05, 0) is 110 Å². The highest BCUT2D eigenvalue weighted by atomic mass is 14.5. The fraction of sp³-hybridized carbons (Fsp3) is 1.00. The topological polar surface area (TPSA) is 0 Å². The van der Waals surface area contributed by atoms with E-state index in [4.69, 9.17) is 0 Å². The number of hydrogen-bond donors (Lipinski definition) is 0. The SMILES string of the molecule is CC[C@H]1CC[C@H]2CC[C@@H]([C@H](C)[C@@H](C)[C@H](C(C)C)[C@@H]3CCC[C@@H]4CCCC[C@@H]43)[C@@H](C)[C@H]2C1. The van der Waals surface area contributed by atoms with Gasteiger partial charge in [-0.25, -0.2) is 0 Å². The first-order chi connectivity index (χ1) is 14.9. The predicted octanol–water partition coefficient (Wildman–Crippen LogP) is 9.63. The quantitative estimate of drug-likeness (QED) is 0.395. The summed E-state index contributed by atoms with van der Waals surface area (Å²) in [5, 5.41) is 0. The van der Waals surface area contributed by atoms with E-state index in [-0.39, 0.29) is 0 Å². The molecule has 0 aliphatic heterocycles. The number of rotatable bonds is 6. The summed E-state index contributed by atoms with van der Waals surface area (Å²) in [5.74, 6) is 11.9. The molecule has 0 amide bonds. The molecule has 4 fully saturated rings. The first-order valence-corrected chi connectivity index (χ1v) is 14.9. The highest BCUT2D eigenvalue weighted by molar-refractivity contribution is 4.96. The second kappa shape index (κ2) is 10.5. The minimum Gasteiger partial charge on any atom is -0.0651 e. The van der Waals surface area contributed by atoms with Gasteiger partial charge in [0.15, 0.2) is 0 Å². The van der Waals surface area contributed by atoms with E-state index in [0.29, 0.717) is 0 Å². The molecular formula is C31H56. The summed E-state index contributed by atoms with van der Waals surface area (Å²) in [6.07, 6.45) is 19.9. The van der Waals surface area contributed by atoms with E-state index < -0.39 is 0 Å². The second-order valence-electron chi connectivity index (χ2n) is 13.5. The van der Waals surface area contributed by atoms with Crippen molar-refractivity contribution in [2.75, 3.05) is 0 Å². The normalized spacial score (nSPS) is 44.2. The first kappa shape index (κ1) is 24.1. The minimum absolute atomic E-state index is 0.855.